The number of pyridine rings is 1. The highest BCUT2D eigenvalue weighted by atomic mass is 32.2. The second kappa shape index (κ2) is 7.04. The van der Waals surface area contributed by atoms with Crippen LogP contribution in [0.3, 0.4) is 0 Å². The summed E-state index contributed by atoms with van der Waals surface area (Å²) in [6.45, 7) is 2.06. The molecular formula is C21H20N4OS. The van der Waals surface area contributed by atoms with Gasteiger partial charge in [-0.3, -0.25) is 9.79 Å². The molecule has 2 aromatic carbocycles. The topological polar surface area (TPSA) is 80.4 Å². The third-order valence-corrected chi connectivity index (χ3v) is 5.58. The fourth-order valence-corrected chi connectivity index (χ4v) is 4.19. The van der Waals surface area contributed by atoms with E-state index < -0.39 is 5.54 Å². The fourth-order valence-electron chi connectivity index (χ4n) is 3.21. The molecule has 1 aliphatic heterocycles. The highest BCUT2D eigenvalue weighted by molar-refractivity contribution is 8.13. The van der Waals surface area contributed by atoms with Crippen molar-refractivity contribution in [3.63, 3.8) is 0 Å². The first-order chi connectivity index (χ1) is 13.0. The van der Waals surface area contributed by atoms with Crippen LogP contribution < -0.4 is 11.1 Å². The summed E-state index contributed by atoms with van der Waals surface area (Å²) in [5.41, 5.74) is 7.94. The molecule has 1 atom stereocenters. The van der Waals surface area contributed by atoms with Crippen molar-refractivity contribution < 1.29 is 4.79 Å². The number of carbonyl (C=O) groups excluding carboxylic acids is 1. The van der Waals surface area contributed by atoms with Gasteiger partial charge in [0.1, 0.15) is 5.82 Å². The van der Waals surface area contributed by atoms with E-state index in [4.69, 9.17) is 5.73 Å². The molecule has 136 valence electrons. The highest BCUT2D eigenvalue weighted by Crippen LogP contribution is 2.35. The maximum Gasteiger partial charge on any atom is 0.256 e. The van der Waals surface area contributed by atoms with Crippen LogP contribution in [0.5, 0.6) is 0 Å². The third kappa shape index (κ3) is 3.66. The maximum absolute atomic E-state index is 12.7. The Kier molecular flexibility index (Phi) is 4.58. The molecule has 0 saturated carbocycles. The zero-order chi connectivity index (χ0) is 18.9. The van der Waals surface area contributed by atoms with Gasteiger partial charge in [-0.15, -0.1) is 0 Å². The van der Waals surface area contributed by atoms with Crippen LogP contribution in [0.1, 0.15) is 29.3 Å². The summed E-state index contributed by atoms with van der Waals surface area (Å²) in [7, 11) is 0. The van der Waals surface area contributed by atoms with Crippen molar-refractivity contribution in [2.45, 2.75) is 18.9 Å². The lowest BCUT2D eigenvalue weighted by molar-refractivity contribution is 0.102. The van der Waals surface area contributed by atoms with Crippen molar-refractivity contribution in [3.05, 3.63) is 71.8 Å². The summed E-state index contributed by atoms with van der Waals surface area (Å²) in [4.78, 5) is 21.9. The minimum Gasteiger partial charge on any atom is -0.379 e. The van der Waals surface area contributed by atoms with Crippen LogP contribution in [0.25, 0.3) is 10.9 Å². The molecule has 3 N–H and O–H groups in total. The summed E-state index contributed by atoms with van der Waals surface area (Å²) >= 11 is 1.57. The Morgan fingerprint density at radius 1 is 1.15 bits per heavy atom. The molecule has 0 fully saturated rings. The van der Waals surface area contributed by atoms with Crippen molar-refractivity contribution >= 4 is 39.6 Å². The van der Waals surface area contributed by atoms with Crippen LogP contribution in [-0.4, -0.2) is 21.8 Å². The zero-order valence-electron chi connectivity index (χ0n) is 15.0. The normalized spacial score (nSPS) is 19.5. The molecule has 0 bridgehead atoms. The number of rotatable bonds is 3. The molecule has 1 aromatic heterocycles. The second-order valence-electron chi connectivity index (χ2n) is 6.75. The number of thioether (sulfide) groups is 1. The summed E-state index contributed by atoms with van der Waals surface area (Å²) < 4.78 is 0. The predicted octanol–water partition coefficient (Wildman–Crippen LogP) is 4.15. The molecule has 6 heteroatoms. The van der Waals surface area contributed by atoms with Crippen molar-refractivity contribution in [2.75, 3.05) is 11.1 Å². The van der Waals surface area contributed by atoms with E-state index in [1.54, 1.807) is 17.8 Å². The lowest BCUT2D eigenvalue weighted by Gasteiger charge is -2.30. The highest BCUT2D eigenvalue weighted by Gasteiger charge is 2.29. The SMILES string of the molecule is CC1(c2cccc(C(=O)Nc3ccc4ccccc4n3)c2)CCSC(N)=N1. The van der Waals surface area contributed by atoms with Crippen molar-refractivity contribution in [2.24, 2.45) is 10.7 Å². The Morgan fingerprint density at radius 2 is 2.00 bits per heavy atom. The van der Waals surface area contributed by atoms with Crippen LogP contribution in [-0.2, 0) is 5.54 Å². The monoisotopic (exact) mass is 376 g/mol. The van der Waals surface area contributed by atoms with E-state index in [1.165, 1.54) is 0 Å². The van der Waals surface area contributed by atoms with E-state index in [1.807, 2.05) is 54.6 Å². The van der Waals surface area contributed by atoms with E-state index in [0.717, 1.165) is 28.6 Å². The number of benzene rings is 2. The average Bonchev–Trinajstić information content (AvgIpc) is 2.68. The van der Waals surface area contributed by atoms with E-state index >= 15 is 0 Å². The number of carbonyl (C=O) groups is 1. The minimum absolute atomic E-state index is 0.189. The molecule has 0 aliphatic carbocycles. The summed E-state index contributed by atoms with van der Waals surface area (Å²) in [5.74, 6) is 1.26. The number of anilines is 1. The third-order valence-electron chi connectivity index (χ3n) is 4.78. The second-order valence-corrected chi connectivity index (χ2v) is 7.86. The molecule has 1 aliphatic rings. The van der Waals surface area contributed by atoms with E-state index in [0.29, 0.717) is 16.5 Å². The van der Waals surface area contributed by atoms with Crippen LogP contribution in [0.2, 0.25) is 0 Å². The molecule has 0 radical (unpaired) electrons. The first kappa shape index (κ1) is 17.5. The minimum atomic E-state index is -0.396. The molecule has 1 amide bonds. The Balaban J connectivity index is 1.59. The van der Waals surface area contributed by atoms with Gasteiger partial charge in [0, 0.05) is 16.7 Å². The largest absolute Gasteiger partial charge is 0.379 e. The standard InChI is InChI=1S/C21H20N4OS/c1-21(11-12-27-20(22)25-21)16-7-4-6-15(13-16)19(26)24-18-10-9-14-5-2-3-8-17(14)23-18/h2-10,13H,11-12H2,1H3,(H2,22,25)(H,23,24,26). The Labute approximate surface area is 162 Å². The van der Waals surface area contributed by atoms with Gasteiger partial charge >= 0.3 is 0 Å². The number of nitrogens with one attached hydrogen (secondary N) is 1. The summed E-state index contributed by atoms with van der Waals surface area (Å²) in [6.07, 6.45) is 0.885. The van der Waals surface area contributed by atoms with Gasteiger partial charge in [-0.05, 0) is 49.2 Å². The molecular weight excluding hydrogens is 356 g/mol. The number of hydrogen-bond donors (Lipinski definition) is 2. The predicted molar refractivity (Wildman–Crippen MR) is 112 cm³/mol. The van der Waals surface area contributed by atoms with Crippen LogP contribution in [0, 0.1) is 0 Å². The lowest BCUT2D eigenvalue weighted by Crippen LogP contribution is -2.29. The number of nitrogens with two attached hydrogens (primary N) is 1. The van der Waals surface area contributed by atoms with Gasteiger partial charge in [-0.2, -0.15) is 0 Å². The van der Waals surface area contributed by atoms with Gasteiger partial charge in [0.25, 0.3) is 5.91 Å². The summed E-state index contributed by atoms with van der Waals surface area (Å²) in [6, 6.07) is 19.2. The average molecular weight is 376 g/mol. The van der Waals surface area contributed by atoms with Crippen LogP contribution in [0.4, 0.5) is 5.82 Å². The first-order valence-electron chi connectivity index (χ1n) is 8.79. The van der Waals surface area contributed by atoms with Crippen molar-refractivity contribution in [3.8, 4) is 0 Å². The molecule has 5 nitrogen and oxygen atoms in total. The smallest absolute Gasteiger partial charge is 0.256 e. The molecule has 4 rings (SSSR count). The molecule has 27 heavy (non-hydrogen) atoms. The number of hydrogen-bond acceptors (Lipinski definition) is 5. The number of aromatic nitrogens is 1. The van der Waals surface area contributed by atoms with E-state index in [2.05, 4.69) is 22.2 Å². The molecule has 0 spiro atoms. The van der Waals surface area contributed by atoms with Gasteiger partial charge in [-0.1, -0.05) is 42.1 Å². The number of para-hydroxylation sites is 1. The van der Waals surface area contributed by atoms with E-state index in [9.17, 15) is 4.79 Å². The van der Waals surface area contributed by atoms with Gasteiger partial charge in [0.05, 0.1) is 11.1 Å². The van der Waals surface area contributed by atoms with Crippen molar-refractivity contribution in [1.29, 1.82) is 0 Å². The van der Waals surface area contributed by atoms with Crippen molar-refractivity contribution in [1.82, 2.24) is 4.98 Å². The number of amides is 1. The summed E-state index contributed by atoms with van der Waals surface area (Å²) in [5, 5.41) is 4.52. The van der Waals surface area contributed by atoms with Gasteiger partial charge in [-0.25, -0.2) is 4.98 Å². The molecule has 0 saturated heterocycles. The van der Waals surface area contributed by atoms with Crippen LogP contribution in [0.15, 0.2) is 65.7 Å². The maximum atomic E-state index is 12.7. The van der Waals surface area contributed by atoms with Gasteiger partial charge in [0.2, 0.25) is 0 Å². The fraction of sp³-hybridized carbons (Fsp3) is 0.190. The zero-order valence-corrected chi connectivity index (χ0v) is 15.8. The molecule has 2 heterocycles. The lowest BCUT2D eigenvalue weighted by atomic mass is 9.88. The number of nitrogens with zero attached hydrogens (tertiary/aromatic N) is 2. The Bertz CT molecular complexity index is 1050. The number of fused-ring (bicyclic) bond motifs is 1. The Morgan fingerprint density at radius 3 is 2.85 bits per heavy atom. The number of amidine groups is 1. The van der Waals surface area contributed by atoms with E-state index in [-0.39, 0.29) is 5.91 Å². The number of aliphatic imine (C=N–C) groups is 1. The Hall–Kier alpha value is -2.86. The van der Waals surface area contributed by atoms with Gasteiger partial charge in [0.15, 0.2) is 5.17 Å². The molecule has 3 aromatic rings. The molecule has 1 unspecified atom stereocenters. The first-order valence-corrected chi connectivity index (χ1v) is 9.78. The van der Waals surface area contributed by atoms with Gasteiger partial charge < -0.3 is 11.1 Å². The van der Waals surface area contributed by atoms with Crippen LogP contribution >= 0.6 is 11.8 Å². The quantitative estimate of drug-likeness (QED) is 0.719.